The zero-order valence-corrected chi connectivity index (χ0v) is 13.2. The molecule has 2 N–H and O–H groups in total. The highest BCUT2D eigenvalue weighted by molar-refractivity contribution is 7.92. The first-order valence-corrected chi connectivity index (χ1v) is 8.61. The molecule has 0 spiro atoms. The molecule has 116 valence electrons. The summed E-state index contributed by atoms with van der Waals surface area (Å²) in [4.78, 5) is 4.49. The lowest BCUT2D eigenvalue weighted by atomic mass is 10.2. The van der Waals surface area contributed by atoms with Crippen LogP contribution < -0.4 is 5.73 Å². The highest BCUT2D eigenvalue weighted by atomic mass is 32.2. The molecule has 5 nitrogen and oxygen atoms in total. The summed E-state index contributed by atoms with van der Waals surface area (Å²) in [5.74, 6) is 0. The molecule has 0 saturated carbocycles. The summed E-state index contributed by atoms with van der Waals surface area (Å²) < 4.78 is 25.6. The lowest BCUT2D eigenvalue weighted by molar-refractivity contribution is 0.154. The summed E-state index contributed by atoms with van der Waals surface area (Å²) in [5, 5.41) is -0.671. The lowest BCUT2D eigenvalue weighted by Crippen LogP contribution is -2.50. The first-order valence-electron chi connectivity index (χ1n) is 7.07. The van der Waals surface area contributed by atoms with E-state index >= 15 is 0 Å². The summed E-state index contributed by atoms with van der Waals surface area (Å²) in [5.41, 5.74) is 6.47. The maximum Gasteiger partial charge on any atom is 0.198 e. The fraction of sp³-hybridized carbons (Fsp3) is 0.467. The van der Waals surface area contributed by atoms with Crippen LogP contribution in [-0.4, -0.2) is 56.8 Å². The summed E-state index contributed by atoms with van der Waals surface area (Å²) in [6.07, 6.45) is 1.53. The Kier molecular flexibility index (Phi) is 5.16. The van der Waals surface area contributed by atoms with Gasteiger partial charge in [-0.05, 0) is 24.7 Å². The van der Waals surface area contributed by atoms with E-state index in [1.165, 1.54) is 6.08 Å². The van der Waals surface area contributed by atoms with Gasteiger partial charge in [-0.15, -0.1) is 6.58 Å². The van der Waals surface area contributed by atoms with Crippen molar-refractivity contribution in [2.45, 2.75) is 16.8 Å². The van der Waals surface area contributed by atoms with Crippen molar-refractivity contribution in [3.8, 4) is 0 Å². The minimum absolute atomic E-state index is 0.323. The largest absolute Gasteiger partial charge is 0.326 e. The number of hydrogen-bond acceptors (Lipinski definition) is 5. The van der Waals surface area contributed by atoms with Crippen LogP contribution in [0.15, 0.2) is 41.8 Å². The molecule has 1 aliphatic heterocycles. The molecular formula is C15H23N3O2S. The van der Waals surface area contributed by atoms with Crippen LogP contribution in [0.2, 0.25) is 0 Å². The average molecular weight is 309 g/mol. The van der Waals surface area contributed by atoms with Gasteiger partial charge in [-0.3, -0.25) is 4.90 Å². The SMILES string of the molecule is C=CC(N1CCN(C)CC1)S(=O)(=O)c1ccc(CN)cc1. The molecule has 0 amide bonds. The van der Waals surface area contributed by atoms with E-state index in [1.54, 1.807) is 24.3 Å². The van der Waals surface area contributed by atoms with Crippen molar-refractivity contribution in [3.63, 3.8) is 0 Å². The Morgan fingerprint density at radius 3 is 2.29 bits per heavy atom. The molecule has 1 unspecified atom stereocenters. The average Bonchev–Trinajstić information content (AvgIpc) is 2.50. The van der Waals surface area contributed by atoms with E-state index in [4.69, 9.17) is 5.73 Å². The van der Waals surface area contributed by atoms with E-state index in [0.717, 1.165) is 31.7 Å². The normalized spacial score (nSPS) is 19.3. The summed E-state index contributed by atoms with van der Waals surface area (Å²) in [6.45, 7) is 7.33. The topological polar surface area (TPSA) is 66.6 Å². The predicted molar refractivity (Wildman–Crippen MR) is 84.6 cm³/mol. The van der Waals surface area contributed by atoms with E-state index in [1.807, 2.05) is 11.9 Å². The van der Waals surface area contributed by atoms with Gasteiger partial charge in [0.25, 0.3) is 0 Å². The molecule has 1 aromatic carbocycles. The number of benzene rings is 1. The molecule has 0 aromatic heterocycles. The van der Waals surface area contributed by atoms with Gasteiger partial charge in [0.15, 0.2) is 9.84 Å². The number of sulfone groups is 1. The van der Waals surface area contributed by atoms with Crippen molar-refractivity contribution >= 4 is 9.84 Å². The fourth-order valence-corrected chi connectivity index (χ4v) is 4.15. The van der Waals surface area contributed by atoms with E-state index in [0.29, 0.717) is 11.4 Å². The fourth-order valence-electron chi connectivity index (χ4n) is 2.50. The second-order valence-corrected chi connectivity index (χ2v) is 7.40. The standard InChI is InChI=1S/C15H23N3O2S/c1-3-15(18-10-8-17(2)9-11-18)21(19,20)14-6-4-13(12-16)5-7-14/h3-7,15H,1,8-12,16H2,2H3. The second kappa shape index (κ2) is 6.70. The smallest absolute Gasteiger partial charge is 0.198 e. The van der Waals surface area contributed by atoms with E-state index in [9.17, 15) is 8.42 Å². The van der Waals surface area contributed by atoms with Gasteiger partial charge in [0.2, 0.25) is 0 Å². The van der Waals surface area contributed by atoms with E-state index in [2.05, 4.69) is 11.5 Å². The third-order valence-electron chi connectivity index (χ3n) is 3.90. The Bertz CT molecular complexity index is 575. The Hall–Kier alpha value is -1.21. The minimum Gasteiger partial charge on any atom is -0.326 e. The molecular weight excluding hydrogens is 286 g/mol. The van der Waals surface area contributed by atoms with Gasteiger partial charge in [-0.1, -0.05) is 18.2 Å². The van der Waals surface area contributed by atoms with Crippen molar-refractivity contribution in [2.75, 3.05) is 33.2 Å². The third-order valence-corrected chi connectivity index (χ3v) is 5.96. The third kappa shape index (κ3) is 3.52. The Labute approximate surface area is 127 Å². The van der Waals surface area contributed by atoms with Crippen LogP contribution in [0.3, 0.4) is 0 Å². The minimum atomic E-state index is -3.44. The van der Waals surface area contributed by atoms with E-state index < -0.39 is 15.2 Å². The van der Waals surface area contributed by atoms with Crippen molar-refractivity contribution in [3.05, 3.63) is 42.5 Å². The molecule has 1 heterocycles. The predicted octanol–water partition coefficient (Wildman–Crippen LogP) is 0.679. The van der Waals surface area contributed by atoms with Crippen LogP contribution in [0.1, 0.15) is 5.56 Å². The second-order valence-electron chi connectivity index (χ2n) is 5.36. The van der Waals surface area contributed by atoms with Crippen molar-refractivity contribution in [1.29, 1.82) is 0 Å². The van der Waals surface area contributed by atoms with E-state index in [-0.39, 0.29) is 0 Å². The van der Waals surface area contributed by atoms with Gasteiger partial charge in [-0.2, -0.15) is 0 Å². The molecule has 1 aliphatic rings. The van der Waals surface area contributed by atoms with Crippen molar-refractivity contribution < 1.29 is 8.42 Å². The molecule has 6 heteroatoms. The molecule has 1 saturated heterocycles. The first-order chi connectivity index (χ1) is 9.98. The van der Waals surface area contributed by atoms with Crippen molar-refractivity contribution in [2.24, 2.45) is 5.73 Å². The van der Waals surface area contributed by atoms with Crippen LogP contribution in [0, 0.1) is 0 Å². The Balaban J connectivity index is 2.24. The van der Waals surface area contributed by atoms with Gasteiger partial charge in [0, 0.05) is 32.7 Å². The highest BCUT2D eigenvalue weighted by Crippen LogP contribution is 2.21. The molecule has 0 aliphatic carbocycles. The van der Waals surface area contributed by atoms with Gasteiger partial charge in [0.1, 0.15) is 5.37 Å². The zero-order valence-electron chi connectivity index (χ0n) is 12.4. The number of nitrogens with zero attached hydrogens (tertiary/aromatic N) is 2. The number of rotatable bonds is 5. The Morgan fingerprint density at radius 1 is 1.24 bits per heavy atom. The molecule has 1 atom stereocenters. The van der Waals surface area contributed by atoms with Crippen LogP contribution in [0.5, 0.6) is 0 Å². The molecule has 1 fully saturated rings. The lowest BCUT2D eigenvalue weighted by Gasteiger charge is -2.36. The molecule has 21 heavy (non-hydrogen) atoms. The highest BCUT2D eigenvalue weighted by Gasteiger charge is 2.31. The number of nitrogens with two attached hydrogens (primary N) is 1. The summed E-state index contributed by atoms with van der Waals surface area (Å²) in [7, 11) is -1.40. The zero-order chi connectivity index (χ0) is 15.5. The monoisotopic (exact) mass is 309 g/mol. The van der Waals surface area contributed by atoms with Crippen LogP contribution in [0.4, 0.5) is 0 Å². The Morgan fingerprint density at radius 2 is 1.81 bits per heavy atom. The van der Waals surface area contributed by atoms with Crippen LogP contribution in [-0.2, 0) is 16.4 Å². The number of hydrogen-bond donors (Lipinski definition) is 1. The molecule has 0 radical (unpaired) electrons. The van der Waals surface area contributed by atoms with Gasteiger partial charge >= 0.3 is 0 Å². The van der Waals surface area contributed by atoms with Crippen molar-refractivity contribution in [1.82, 2.24) is 9.80 Å². The van der Waals surface area contributed by atoms with Crippen LogP contribution in [0.25, 0.3) is 0 Å². The van der Waals surface area contributed by atoms with Gasteiger partial charge in [-0.25, -0.2) is 8.42 Å². The van der Waals surface area contributed by atoms with Crippen LogP contribution >= 0.6 is 0 Å². The van der Waals surface area contributed by atoms with Gasteiger partial charge in [0.05, 0.1) is 4.90 Å². The number of piperazine rings is 1. The first kappa shape index (κ1) is 16.2. The quantitative estimate of drug-likeness (QED) is 0.810. The molecule has 0 bridgehead atoms. The number of likely N-dealkylation sites (N-methyl/N-ethyl adjacent to an activating group) is 1. The maximum atomic E-state index is 12.8. The summed E-state index contributed by atoms with van der Waals surface area (Å²) >= 11 is 0. The molecule has 1 aromatic rings. The van der Waals surface area contributed by atoms with Gasteiger partial charge < -0.3 is 10.6 Å². The summed E-state index contributed by atoms with van der Waals surface area (Å²) in [6, 6.07) is 6.78. The molecule has 2 rings (SSSR count). The maximum absolute atomic E-state index is 12.8.